The second-order valence-electron chi connectivity index (χ2n) is 10.3. The van der Waals surface area contributed by atoms with E-state index in [2.05, 4.69) is 44.4 Å². The third kappa shape index (κ3) is 5.51. The molecule has 2 fully saturated rings. The van der Waals surface area contributed by atoms with Crippen molar-refractivity contribution in [1.82, 2.24) is 14.9 Å². The zero-order chi connectivity index (χ0) is 25.7. The summed E-state index contributed by atoms with van der Waals surface area (Å²) in [7, 11) is 0. The van der Waals surface area contributed by atoms with E-state index in [1.165, 1.54) is 30.5 Å². The van der Waals surface area contributed by atoms with Crippen LogP contribution in [0.3, 0.4) is 0 Å². The van der Waals surface area contributed by atoms with Gasteiger partial charge in [0, 0.05) is 42.7 Å². The van der Waals surface area contributed by atoms with Crippen molar-refractivity contribution in [1.29, 1.82) is 0 Å². The lowest BCUT2D eigenvalue weighted by atomic mass is 10.0. The third-order valence-electron chi connectivity index (χ3n) is 7.60. The lowest BCUT2D eigenvalue weighted by molar-refractivity contribution is -0.111. The molecule has 8 heteroatoms. The predicted octanol–water partition coefficient (Wildman–Crippen LogP) is 4.86. The Morgan fingerprint density at radius 2 is 2.00 bits per heavy atom. The first-order chi connectivity index (χ1) is 18.7. The highest BCUT2D eigenvalue weighted by molar-refractivity contribution is 6.03. The first-order valence-corrected chi connectivity index (χ1v) is 13.8. The first-order valence-electron chi connectivity index (χ1n) is 13.8. The summed E-state index contributed by atoms with van der Waals surface area (Å²) in [5, 5.41) is 3.96. The number of aryl methyl sites for hydroxylation is 1. The van der Waals surface area contributed by atoms with Crippen LogP contribution in [0.4, 0.5) is 17.2 Å². The van der Waals surface area contributed by atoms with Crippen molar-refractivity contribution < 1.29 is 14.3 Å². The number of amides is 1. The topological polar surface area (TPSA) is 79.8 Å². The molecule has 2 aromatic carbocycles. The first kappa shape index (κ1) is 24.8. The van der Waals surface area contributed by atoms with Gasteiger partial charge in [-0.15, -0.1) is 0 Å². The highest BCUT2D eigenvalue weighted by Crippen LogP contribution is 2.39. The van der Waals surface area contributed by atoms with E-state index in [0.29, 0.717) is 24.7 Å². The normalized spacial score (nSPS) is 20.1. The molecule has 38 heavy (non-hydrogen) atoms. The van der Waals surface area contributed by atoms with E-state index in [-0.39, 0.29) is 12.0 Å². The molecule has 0 unspecified atom stereocenters. The Hall–Kier alpha value is -3.49. The number of nitrogens with zero attached hydrogens (tertiary/aromatic N) is 4. The summed E-state index contributed by atoms with van der Waals surface area (Å²) in [6.07, 6.45) is 11.8. The molecule has 6 rings (SSSR count). The lowest BCUT2D eigenvalue weighted by Crippen LogP contribution is -2.29. The molecule has 1 N–H and O–H groups in total. The van der Waals surface area contributed by atoms with Crippen molar-refractivity contribution in [2.45, 2.75) is 44.6 Å². The van der Waals surface area contributed by atoms with Gasteiger partial charge in [-0.2, -0.15) is 0 Å². The molecule has 1 amide bonds. The van der Waals surface area contributed by atoms with E-state index in [1.807, 2.05) is 18.2 Å². The fourth-order valence-corrected chi connectivity index (χ4v) is 5.64. The Kier molecular flexibility index (Phi) is 7.51. The van der Waals surface area contributed by atoms with Crippen molar-refractivity contribution in [2.24, 2.45) is 0 Å². The molecule has 0 radical (unpaired) electrons. The maximum Gasteiger partial charge on any atom is 0.248 e. The second kappa shape index (κ2) is 11.5. The molecule has 2 saturated heterocycles. The van der Waals surface area contributed by atoms with Crippen LogP contribution in [0.1, 0.15) is 37.7 Å². The summed E-state index contributed by atoms with van der Waals surface area (Å²) >= 11 is 0. The Bertz CT molecular complexity index is 1310. The van der Waals surface area contributed by atoms with Crippen LogP contribution in [0.25, 0.3) is 10.9 Å². The van der Waals surface area contributed by atoms with Gasteiger partial charge in [0.05, 0.1) is 24.4 Å². The number of piperidine rings is 1. The SMILES string of the molecule is O=C(/C=C/CN1CCCCC1)Nc1cc2c(N3CCCc4ccccc43)ncnc2cc1O[C@@H]1CCOC1. The Morgan fingerprint density at radius 1 is 1.11 bits per heavy atom. The van der Waals surface area contributed by atoms with E-state index in [0.717, 1.165) is 62.2 Å². The number of likely N-dealkylation sites (tertiary alicyclic amines) is 1. The second-order valence-corrected chi connectivity index (χ2v) is 10.3. The number of anilines is 3. The van der Waals surface area contributed by atoms with Crippen molar-refractivity contribution >= 4 is 34.0 Å². The van der Waals surface area contributed by atoms with Crippen molar-refractivity contribution in [3.05, 3.63) is 60.4 Å². The van der Waals surface area contributed by atoms with Gasteiger partial charge in [0.1, 0.15) is 24.0 Å². The maximum absolute atomic E-state index is 13.0. The average Bonchev–Trinajstić information content (AvgIpc) is 3.46. The zero-order valence-electron chi connectivity index (χ0n) is 21.8. The number of hydrogen-bond donors (Lipinski definition) is 1. The molecule has 3 aliphatic heterocycles. The number of aromatic nitrogens is 2. The lowest BCUT2D eigenvalue weighted by Gasteiger charge is -2.31. The van der Waals surface area contributed by atoms with Gasteiger partial charge in [-0.25, -0.2) is 9.97 Å². The van der Waals surface area contributed by atoms with Crippen LogP contribution < -0.4 is 15.0 Å². The summed E-state index contributed by atoms with van der Waals surface area (Å²) in [5.74, 6) is 1.28. The number of para-hydroxylation sites is 1. The number of ether oxygens (including phenoxy) is 2. The largest absolute Gasteiger partial charge is 0.486 e. The van der Waals surface area contributed by atoms with Gasteiger partial charge < -0.3 is 19.7 Å². The highest BCUT2D eigenvalue weighted by atomic mass is 16.5. The maximum atomic E-state index is 13.0. The molecule has 198 valence electrons. The number of rotatable bonds is 7. The van der Waals surface area contributed by atoms with Gasteiger partial charge in [0.2, 0.25) is 5.91 Å². The number of hydrogen-bond acceptors (Lipinski definition) is 7. The fourth-order valence-electron chi connectivity index (χ4n) is 5.64. The zero-order valence-corrected chi connectivity index (χ0v) is 21.8. The minimum atomic E-state index is -0.171. The van der Waals surface area contributed by atoms with Crippen LogP contribution in [0.2, 0.25) is 0 Å². The Labute approximate surface area is 223 Å². The summed E-state index contributed by atoms with van der Waals surface area (Å²) in [5.41, 5.74) is 3.90. The molecular weight excluding hydrogens is 478 g/mol. The van der Waals surface area contributed by atoms with Crippen LogP contribution >= 0.6 is 0 Å². The van der Waals surface area contributed by atoms with Gasteiger partial charge in [-0.05, 0) is 56.5 Å². The van der Waals surface area contributed by atoms with Crippen molar-refractivity contribution in [2.75, 3.05) is 49.6 Å². The number of carbonyl (C=O) groups is 1. The minimum absolute atomic E-state index is 0.0481. The predicted molar refractivity (Wildman–Crippen MR) is 149 cm³/mol. The molecule has 0 saturated carbocycles. The number of nitrogens with one attached hydrogen (secondary N) is 1. The summed E-state index contributed by atoms with van der Waals surface area (Å²) < 4.78 is 11.8. The number of fused-ring (bicyclic) bond motifs is 2. The van der Waals surface area contributed by atoms with E-state index in [4.69, 9.17) is 14.5 Å². The molecule has 3 aliphatic rings. The molecule has 0 aliphatic carbocycles. The van der Waals surface area contributed by atoms with Crippen LogP contribution in [0.5, 0.6) is 5.75 Å². The fraction of sp³-hybridized carbons (Fsp3) is 0.433. The Balaban J connectivity index is 1.31. The van der Waals surface area contributed by atoms with Gasteiger partial charge in [0.15, 0.2) is 0 Å². The molecule has 1 atom stereocenters. The average molecular weight is 514 g/mol. The minimum Gasteiger partial charge on any atom is -0.486 e. The monoisotopic (exact) mass is 513 g/mol. The van der Waals surface area contributed by atoms with Gasteiger partial charge >= 0.3 is 0 Å². The molecule has 0 spiro atoms. The number of benzene rings is 2. The standard InChI is InChI=1S/C30H35N5O3/c36-29(11-7-15-34-13-4-1-5-14-34)33-26-18-24-25(19-28(26)38-23-12-17-37-20-23)31-21-32-30(24)35-16-6-9-22-8-2-3-10-27(22)35/h2-3,7-8,10-11,18-19,21,23H,1,4-6,9,12-17,20H2,(H,33,36)/b11-7+/t23-/m1/s1. The smallest absolute Gasteiger partial charge is 0.248 e. The molecule has 1 aromatic heterocycles. The van der Waals surface area contributed by atoms with Gasteiger partial charge in [-0.1, -0.05) is 30.7 Å². The Morgan fingerprint density at radius 3 is 2.87 bits per heavy atom. The quantitative estimate of drug-likeness (QED) is 0.452. The van der Waals surface area contributed by atoms with Crippen LogP contribution in [0.15, 0.2) is 54.9 Å². The summed E-state index contributed by atoms with van der Waals surface area (Å²) in [6.45, 7) is 5.09. The molecule has 8 nitrogen and oxygen atoms in total. The van der Waals surface area contributed by atoms with Gasteiger partial charge in [0.25, 0.3) is 0 Å². The number of carbonyl (C=O) groups excluding carboxylic acids is 1. The summed E-state index contributed by atoms with van der Waals surface area (Å²) in [4.78, 5) is 26.9. The molecule has 3 aromatic rings. The van der Waals surface area contributed by atoms with Crippen molar-refractivity contribution in [3.8, 4) is 5.75 Å². The molecule has 4 heterocycles. The van der Waals surface area contributed by atoms with Crippen molar-refractivity contribution in [3.63, 3.8) is 0 Å². The van der Waals surface area contributed by atoms with Crippen LogP contribution in [-0.2, 0) is 16.0 Å². The molecular formula is C30H35N5O3. The summed E-state index contributed by atoms with van der Waals surface area (Å²) in [6, 6.07) is 12.4. The van der Waals surface area contributed by atoms with E-state index in [1.54, 1.807) is 12.4 Å². The van der Waals surface area contributed by atoms with Crippen LogP contribution in [0, 0.1) is 0 Å². The molecule has 0 bridgehead atoms. The van der Waals surface area contributed by atoms with E-state index >= 15 is 0 Å². The highest BCUT2D eigenvalue weighted by Gasteiger charge is 2.24. The third-order valence-corrected chi connectivity index (χ3v) is 7.60. The van der Waals surface area contributed by atoms with E-state index < -0.39 is 0 Å². The van der Waals surface area contributed by atoms with E-state index in [9.17, 15) is 4.79 Å². The van der Waals surface area contributed by atoms with Crippen LogP contribution in [-0.4, -0.2) is 66.3 Å². The van der Waals surface area contributed by atoms with Gasteiger partial charge in [-0.3, -0.25) is 9.69 Å².